The van der Waals surface area contributed by atoms with Crippen molar-refractivity contribution in [3.8, 4) is 0 Å². The van der Waals surface area contributed by atoms with Crippen molar-refractivity contribution in [3.63, 3.8) is 0 Å². The molecule has 0 heterocycles. The van der Waals surface area contributed by atoms with Gasteiger partial charge in [0.05, 0.1) is 6.42 Å². The number of amides is 1. The third-order valence-corrected chi connectivity index (χ3v) is 2.30. The van der Waals surface area contributed by atoms with Crippen LogP contribution in [0.15, 0.2) is 30.3 Å². The molecule has 0 fully saturated rings. The number of nitrogens with one attached hydrogen (secondary N) is 1. The second kappa shape index (κ2) is 6.81. The lowest BCUT2D eigenvalue weighted by Crippen LogP contribution is -2.32. The maximum atomic E-state index is 11.7. The van der Waals surface area contributed by atoms with Crippen LogP contribution >= 0.6 is 0 Å². The molecule has 0 aliphatic heterocycles. The van der Waals surface area contributed by atoms with E-state index >= 15 is 0 Å². The summed E-state index contributed by atoms with van der Waals surface area (Å²) in [4.78, 5) is 25.1. The first-order valence-corrected chi connectivity index (χ1v) is 5.59. The predicted molar refractivity (Wildman–Crippen MR) is 67.0 cm³/mol. The number of ketones is 1. The number of benzene rings is 1. The van der Waals surface area contributed by atoms with Gasteiger partial charge in [0.15, 0.2) is 5.78 Å². The van der Waals surface area contributed by atoms with Gasteiger partial charge in [0.2, 0.25) is 5.91 Å². The minimum absolute atomic E-state index is 0.0859. The Morgan fingerprint density at radius 2 is 1.82 bits per heavy atom. The van der Waals surface area contributed by atoms with Crippen LogP contribution in [-0.2, 0) is 4.79 Å². The van der Waals surface area contributed by atoms with Crippen LogP contribution in [0.25, 0.3) is 0 Å². The van der Waals surface area contributed by atoms with Gasteiger partial charge in [0, 0.05) is 18.7 Å². The molecule has 1 rings (SSSR count). The maximum absolute atomic E-state index is 11.7. The van der Waals surface area contributed by atoms with Crippen LogP contribution in [0, 0.1) is 0 Å². The van der Waals surface area contributed by atoms with E-state index < -0.39 is 0 Å². The van der Waals surface area contributed by atoms with E-state index in [9.17, 15) is 9.59 Å². The fraction of sp³-hybridized carbons (Fsp3) is 0.385. The fourth-order valence-electron chi connectivity index (χ4n) is 1.35. The van der Waals surface area contributed by atoms with Crippen molar-refractivity contribution < 1.29 is 9.59 Å². The van der Waals surface area contributed by atoms with E-state index in [1.165, 1.54) is 0 Å². The molecule has 0 aliphatic rings. The zero-order chi connectivity index (χ0) is 12.7. The van der Waals surface area contributed by atoms with E-state index in [1.54, 1.807) is 24.3 Å². The van der Waals surface area contributed by atoms with Crippen LogP contribution in [0.4, 0.5) is 0 Å². The summed E-state index contributed by atoms with van der Waals surface area (Å²) in [5, 5.41) is 2.71. The van der Waals surface area contributed by atoms with Gasteiger partial charge in [-0.1, -0.05) is 30.3 Å². The number of carbonyl (C=O) groups is 2. The molecule has 0 aromatic heterocycles. The lowest BCUT2D eigenvalue weighted by atomic mass is 10.1. The Morgan fingerprint density at radius 3 is 2.41 bits per heavy atom. The highest BCUT2D eigenvalue weighted by atomic mass is 16.2. The highest BCUT2D eigenvalue weighted by Gasteiger charge is 2.10. The van der Waals surface area contributed by atoms with Gasteiger partial charge in [-0.2, -0.15) is 0 Å². The van der Waals surface area contributed by atoms with Gasteiger partial charge in [-0.25, -0.2) is 0 Å². The van der Waals surface area contributed by atoms with Crippen molar-refractivity contribution in [2.24, 2.45) is 0 Å². The Hall–Kier alpha value is -1.68. The number of hydrogen-bond donors (Lipinski definition) is 1. The highest BCUT2D eigenvalue weighted by Crippen LogP contribution is 2.02. The molecule has 0 bridgehead atoms. The molecule has 0 spiro atoms. The Balaban J connectivity index is 2.34. The second-order valence-electron chi connectivity index (χ2n) is 4.12. The molecule has 0 saturated carbocycles. The molecule has 92 valence electrons. The SMILES string of the molecule is CN(C)CCNC(=O)CC(=O)c1ccccc1. The van der Waals surface area contributed by atoms with Gasteiger partial charge in [-0.15, -0.1) is 0 Å². The minimum atomic E-state index is -0.222. The summed E-state index contributed by atoms with van der Waals surface area (Å²) in [6, 6.07) is 8.85. The van der Waals surface area contributed by atoms with Crippen LogP contribution in [0.2, 0.25) is 0 Å². The summed E-state index contributed by atoms with van der Waals surface area (Å²) in [5.41, 5.74) is 0.579. The van der Waals surface area contributed by atoms with Crippen molar-refractivity contribution in [2.75, 3.05) is 27.2 Å². The second-order valence-corrected chi connectivity index (χ2v) is 4.12. The largest absolute Gasteiger partial charge is 0.354 e. The van der Waals surface area contributed by atoms with E-state index in [2.05, 4.69) is 5.32 Å². The monoisotopic (exact) mass is 234 g/mol. The average molecular weight is 234 g/mol. The fourth-order valence-corrected chi connectivity index (χ4v) is 1.35. The molecule has 1 aromatic carbocycles. The van der Waals surface area contributed by atoms with Gasteiger partial charge >= 0.3 is 0 Å². The lowest BCUT2D eigenvalue weighted by molar-refractivity contribution is -0.120. The topological polar surface area (TPSA) is 49.4 Å². The Kier molecular flexibility index (Phi) is 5.36. The molecular formula is C13H18N2O2. The van der Waals surface area contributed by atoms with Crippen molar-refractivity contribution in [3.05, 3.63) is 35.9 Å². The van der Waals surface area contributed by atoms with Gasteiger partial charge in [0.25, 0.3) is 0 Å². The predicted octanol–water partition coefficient (Wildman–Crippen LogP) is 0.937. The van der Waals surface area contributed by atoms with E-state index in [0.29, 0.717) is 12.1 Å². The Morgan fingerprint density at radius 1 is 1.18 bits per heavy atom. The summed E-state index contributed by atoms with van der Waals surface area (Å²) in [5.74, 6) is -0.367. The molecule has 1 aromatic rings. The highest BCUT2D eigenvalue weighted by molar-refractivity contribution is 6.07. The third kappa shape index (κ3) is 5.26. The van der Waals surface area contributed by atoms with Crippen molar-refractivity contribution in [1.82, 2.24) is 10.2 Å². The summed E-state index contributed by atoms with van der Waals surface area (Å²) in [7, 11) is 3.86. The molecule has 1 N–H and O–H groups in total. The summed E-state index contributed by atoms with van der Waals surface area (Å²) in [6.07, 6.45) is -0.0859. The minimum Gasteiger partial charge on any atom is -0.354 e. The van der Waals surface area contributed by atoms with Crippen molar-refractivity contribution in [2.45, 2.75) is 6.42 Å². The van der Waals surface area contributed by atoms with Crippen LogP contribution in [0.5, 0.6) is 0 Å². The van der Waals surface area contributed by atoms with Gasteiger partial charge in [0.1, 0.15) is 0 Å². The third-order valence-electron chi connectivity index (χ3n) is 2.30. The number of Topliss-reactive ketones (excluding diaryl/α,β-unsaturated/α-hetero) is 1. The standard InChI is InChI=1S/C13H18N2O2/c1-15(2)9-8-14-13(17)10-12(16)11-6-4-3-5-7-11/h3-7H,8-10H2,1-2H3,(H,14,17). The zero-order valence-electron chi connectivity index (χ0n) is 10.3. The van der Waals surface area contributed by atoms with E-state index in [-0.39, 0.29) is 18.1 Å². The number of nitrogens with zero attached hydrogens (tertiary/aromatic N) is 1. The molecule has 17 heavy (non-hydrogen) atoms. The first-order valence-electron chi connectivity index (χ1n) is 5.59. The maximum Gasteiger partial charge on any atom is 0.227 e. The molecule has 0 aliphatic carbocycles. The lowest BCUT2D eigenvalue weighted by Gasteiger charge is -2.10. The smallest absolute Gasteiger partial charge is 0.227 e. The van der Waals surface area contributed by atoms with E-state index in [1.807, 2.05) is 25.1 Å². The quantitative estimate of drug-likeness (QED) is 0.588. The van der Waals surface area contributed by atoms with Crippen molar-refractivity contribution in [1.29, 1.82) is 0 Å². The molecule has 0 unspecified atom stereocenters. The summed E-state index contributed by atoms with van der Waals surface area (Å²) >= 11 is 0. The summed E-state index contributed by atoms with van der Waals surface area (Å²) < 4.78 is 0. The van der Waals surface area contributed by atoms with E-state index in [4.69, 9.17) is 0 Å². The van der Waals surface area contributed by atoms with Crippen LogP contribution in [0.3, 0.4) is 0 Å². The van der Waals surface area contributed by atoms with Crippen LogP contribution in [-0.4, -0.2) is 43.8 Å². The first kappa shape index (κ1) is 13.4. The van der Waals surface area contributed by atoms with E-state index in [0.717, 1.165) is 6.54 Å². The van der Waals surface area contributed by atoms with Gasteiger partial charge < -0.3 is 10.2 Å². The zero-order valence-corrected chi connectivity index (χ0v) is 10.3. The molecular weight excluding hydrogens is 216 g/mol. The number of rotatable bonds is 6. The first-order chi connectivity index (χ1) is 8.09. The molecule has 4 heteroatoms. The number of carbonyl (C=O) groups excluding carboxylic acids is 2. The number of likely N-dealkylation sites (N-methyl/N-ethyl adjacent to an activating group) is 1. The molecule has 1 amide bonds. The Labute approximate surface area is 102 Å². The summed E-state index contributed by atoms with van der Waals surface area (Å²) in [6.45, 7) is 1.33. The molecule has 0 atom stereocenters. The number of hydrogen-bond acceptors (Lipinski definition) is 3. The van der Waals surface area contributed by atoms with Crippen LogP contribution < -0.4 is 5.32 Å². The van der Waals surface area contributed by atoms with Gasteiger partial charge in [-0.3, -0.25) is 9.59 Å². The normalized spacial score (nSPS) is 10.3. The average Bonchev–Trinajstić information content (AvgIpc) is 2.29. The molecule has 0 radical (unpaired) electrons. The van der Waals surface area contributed by atoms with Crippen LogP contribution in [0.1, 0.15) is 16.8 Å². The van der Waals surface area contributed by atoms with Gasteiger partial charge in [-0.05, 0) is 14.1 Å². The molecule has 0 saturated heterocycles. The van der Waals surface area contributed by atoms with Crippen molar-refractivity contribution >= 4 is 11.7 Å². The Bertz CT molecular complexity index is 374. The molecule has 4 nitrogen and oxygen atoms in total.